The topological polar surface area (TPSA) is 58.2 Å². The van der Waals surface area contributed by atoms with Gasteiger partial charge in [0.25, 0.3) is 0 Å². The van der Waals surface area contributed by atoms with Crippen molar-refractivity contribution in [3.8, 4) is 0 Å². The fourth-order valence-corrected chi connectivity index (χ4v) is 2.60. The minimum atomic E-state index is -0.262. The molecule has 0 saturated carbocycles. The summed E-state index contributed by atoms with van der Waals surface area (Å²) in [4.78, 5) is 23.3. The van der Waals surface area contributed by atoms with Crippen molar-refractivity contribution in [1.82, 2.24) is 10.6 Å². The maximum Gasteiger partial charge on any atom is 0.234 e. The molecule has 0 aliphatic rings. The Morgan fingerprint density at radius 3 is 2.65 bits per heavy atom. The van der Waals surface area contributed by atoms with E-state index in [2.05, 4.69) is 26.6 Å². The maximum atomic E-state index is 11.4. The van der Waals surface area contributed by atoms with Crippen LogP contribution in [0.1, 0.15) is 11.3 Å². The predicted octanol–water partition coefficient (Wildman–Crippen LogP) is 1.87. The molecule has 1 aromatic heterocycles. The van der Waals surface area contributed by atoms with Gasteiger partial charge < -0.3 is 10.6 Å². The second-order valence-electron chi connectivity index (χ2n) is 3.22. The molecule has 0 atom stereocenters. The standard InChI is InChI=1S/C10H12BrClN2O2S/c11-8-2-1-7(17-8)6-14-9(15)3-4-13-10(16)5-12/h1-2H,3-6H2,(H,13,16)(H,14,15). The first kappa shape index (κ1) is 14.5. The van der Waals surface area contributed by atoms with Crippen LogP contribution < -0.4 is 10.6 Å². The average Bonchev–Trinajstić information content (AvgIpc) is 2.72. The number of carbonyl (C=O) groups is 2. The fraction of sp³-hybridized carbons (Fsp3) is 0.400. The van der Waals surface area contributed by atoms with Crippen LogP contribution in [0.15, 0.2) is 15.9 Å². The highest BCUT2D eigenvalue weighted by molar-refractivity contribution is 9.11. The molecule has 0 saturated heterocycles. The molecule has 0 unspecified atom stereocenters. The van der Waals surface area contributed by atoms with Crippen LogP contribution in [0.4, 0.5) is 0 Å². The molecule has 2 amide bonds. The lowest BCUT2D eigenvalue weighted by atomic mass is 10.3. The molecule has 0 aliphatic heterocycles. The van der Waals surface area contributed by atoms with Crippen molar-refractivity contribution in [2.45, 2.75) is 13.0 Å². The molecule has 17 heavy (non-hydrogen) atoms. The average molecular weight is 340 g/mol. The molecule has 0 aliphatic carbocycles. The Morgan fingerprint density at radius 1 is 1.29 bits per heavy atom. The summed E-state index contributed by atoms with van der Waals surface area (Å²) in [6.45, 7) is 0.823. The van der Waals surface area contributed by atoms with Gasteiger partial charge in [-0.15, -0.1) is 22.9 Å². The highest BCUT2D eigenvalue weighted by Crippen LogP contribution is 2.21. The lowest BCUT2D eigenvalue weighted by Crippen LogP contribution is -2.30. The first-order chi connectivity index (χ1) is 8.11. The smallest absolute Gasteiger partial charge is 0.234 e. The molecule has 7 heteroatoms. The molecule has 2 N–H and O–H groups in total. The van der Waals surface area contributed by atoms with E-state index < -0.39 is 0 Å². The van der Waals surface area contributed by atoms with E-state index in [0.29, 0.717) is 13.1 Å². The molecule has 0 bridgehead atoms. The summed E-state index contributed by atoms with van der Waals surface area (Å²) in [5.74, 6) is -0.434. The van der Waals surface area contributed by atoms with Crippen LogP contribution in [0.3, 0.4) is 0 Å². The first-order valence-electron chi connectivity index (χ1n) is 4.95. The van der Waals surface area contributed by atoms with E-state index in [0.717, 1.165) is 8.66 Å². The van der Waals surface area contributed by atoms with Gasteiger partial charge in [0.05, 0.1) is 10.3 Å². The van der Waals surface area contributed by atoms with Crippen LogP contribution in [-0.2, 0) is 16.1 Å². The highest BCUT2D eigenvalue weighted by Gasteiger charge is 2.04. The Balaban J connectivity index is 2.15. The molecule has 0 aromatic carbocycles. The van der Waals surface area contributed by atoms with Crippen LogP contribution in [0.5, 0.6) is 0 Å². The minimum absolute atomic E-state index is 0.0785. The Morgan fingerprint density at radius 2 is 2.06 bits per heavy atom. The normalized spacial score (nSPS) is 10.0. The number of nitrogens with one attached hydrogen (secondary N) is 2. The summed E-state index contributed by atoms with van der Waals surface area (Å²) in [7, 11) is 0. The summed E-state index contributed by atoms with van der Waals surface area (Å²) >= 11 is 10.2. The number of rotatable bonds is 6. The number of thiophene rings is 1. The summed E-state index contributed by atoms with van der Waals surface area (Å²) in [5, 5.41) is 5.30. The second-order valence-corrected chi connectivity index (χ2v) is 6.03. The quantitative estimate of drug-likeness (QED) is 0.777. The molecule has 0 radical (unpaired) electrons. The Kier molecular flexibility index (Phi) is 6.54. The van der Waals surface area contributed by atoms with Gasteiger partial charge in [-0.25, -0.2) is 0 Å². The lowest BCUT2D eigenvalue weighted by molar-refractivity contribution is -0.121. The SMILES string of the molecule is O=C(CCl)NCCC(=O)NCc1ccc(Br)s1. The van der Waals surface area contributed by atoms with Crippen LogP contribution >= 0.6 is 38.9 Å². The van der Waals surface area contributed by atoms with Gasteiger partial charge in [-0.3, -0.25) is 9.59 Å². The van der Waals surface area contributed by atoms with E-state index in [1.54, 1.807) is 11.3 Å². The van der Waals surface area contributed by atoms with Crippen molar-refractivity contribution in [3.05, 3.63) is 20.8 Å². The monoisotopic (exact) mass is 338 g/mol. The number of halogens is 2. The molecule has 94 valence electrons. The van der Waals surface area contributed by atoms with Crippen molar-refractivity contribution < 1.29 is 9.59 Å². The van der Waals surface area contributed by atoms with E-state index in [9.17, 15) is 9.59 Å². The zero-order valence-electron chi connectivity index (χ0n) is 8.96. The van der Waals surface area contributed by atoms with Gasteiger partial charge >= 0.3 is 0 Å². The minimum Gasteiger partial charge on any atom is -0.355 e. The molecular weight excluding hydrogens is 328 g/mol. The van der Waals surface area contributed by atoms with Crippen LogP contribution in [0, 0.1) is 0 Å². The summed E-state index contributed by atoms with van der Waals surface area (Å²) in [5.41, 5.74) is 0. The molecule has 0 fully saturated rings. The van der Waals surface area contributed by atoms with Gasteiger partial charge in [-0.05, 0) is 28.1 Å². The fourth-order valence-electron chi connectivity index (χ4n) is 1.08. The van der Waals surface area contributed by atoms with Crippen molar-refractivity contribution in [2.24, 2.45) is 0 Å². The summed E-state index contributed by atoms with van der Waals surface area (Å²) in [6.07, 6.45) is 0.259. The Labute approximate surface area is 117 Å². The van der Waals surface area contributed by atoms with E-state index in [1.165, 1.54) is 0 Å². The van der Waals surface area contributed by atoms with Gasteiger partial charge in [0.1, 0.15) is 5.88 Å². The Bertz CT molecular complexity index is 397. The van der Waals surface area contributed by atoms with Gasteiger partial charge in [-0.2, -0.15) is 0 Å². The van der Waals surface area contributed by atoms with Crippen molar-refractivity contribution in [1.29, 1.82) is 0 Å². The third-order valence-electron chi connectivity index (χ3n) is 1.88. The highest BCUT2D eigenvalue weighted by atomic mass is 79.9. The molecule has 1 heterocycles. The number of carbonyl (C=O) groups excluding carboxylic acids is 2. The van der Waals surface area contributed by atoms with Crippen molar-refractivity contribution in [2.75, 3.05) is 12.4 Å². The van der Waals surface area contributed by atoms with Gasteiger partial charge in [0, 0.05) is 17.8 Å². The maximum absolute atomic E-state index is 11.4. The van der Waals surface area contributed by atoms with E-state index in [1.807, 2.05) is 12.1 Å². The molecule has 1 rings (SSSR count). The van der Waals surface area contributed by atoms with E-state index in [4.69, 9.17) is 11.6 Å². The molecule has 0 spiro atoms. The number of hydrogen-bond acceptors (Lipinski definition) is 3. The van der Waals surface area contributed by atoms with Gasteiger partial charge in [0.2, 0.25) is 11.8 Å². The number of alkyl halides is 1. The molecule has 4 nitrogen and oxygen atoms in total. The van der Waals surface area contributed by atoms with E-state index in [-0.39, 0.29) is 24.1 Å². The largest absolute Gasteiger partial charge is 0.355 e. The van der Waals surface area contributed by atoms with Gasteiger partial charge in [-0.1, -0.05) is 0 Å². The lowest BCUT2D eigenvalue weighted by Gasteiger charge is -2.04. The third-order valence-corrected chi connectivity index (χ3v) is 3.75. The summed E-state index contributed by atoms with van der Waals surface area (Å²) < 4.78 is 1.04. The van der Waals surface area contributed by atoms with Gasteiger partial charge in [0.15, 0.2) is 0 Å². The number of amides is 2. The van der Waals surface area contributed by atoms with Crippen LogP contribution in [-0.4, -0.2) is 24.2 Å². The summed E-state index contributed by atoms with van der Waals surface area (Å²) in [6, 6.07) is 3.89. The van der Waals surface area contributed by atoms with E-state index >= 15 is 0 Å². The zero-order valence-corrected chi connectivity index (χ0v) is 12.1. The Hall–Kier alpha value is -0.590. The second kappa shape index (κ2) is 7.68. The number of hydrogen-bond donors (Lipinski definition) is 2. The van der Waals surface area contributed by atoms with Crippen LogP contribution in [0.2, 0.25) is 0 Å². The third kappa shape index (κ3) is 6.05. The predicted molar refractivity (Wildman–Crippen MR) is 72.2 cm³/mol. The zero-order chi connectivity index (χ0) is 12.7. The van der Waals surface area contributed by atoms with Crippen molar-refractivity contribution in [3.63, 3.8) is 0 Å². The van der Waals surface area contributed by atoms with Crippen molar-refractivity contribution >= 4 is 50.7 Å². The molecule has 1 aromatic rings. The molecular formula is C10H12BrClN2O2S. The first-order valence-corrected chi connectivity index (χ1v) is 7.10. The van der Waals surface area contributed by atoms with Crippen LogP contribution in [0.25, 0.3) is 0 Å².